The fourth-order valence-corrected chi connectivity index (χ4v) is 4.62. The molecule has 0 heterocycles. The first-order valence-corrected chi connectivity index (χ1v) is 13.8. The van der Waals surface area contributed by atoms with E-state index in [4.69, 9.17) is 0 Å². The van der Waals surface area contributed by atoms with Crippen molar-refractivity contribution in [1.29, 1.82) is 0 Å². The quantitative estimate of drug-likeness (QED) is 0.0857. The number of hydrogen-bond donors (Lipinski definition) is 3. The average molecular weight is 581 g/mol. The van der Waals surface area contributed by atoms with E-state index in [-0.39, 0.29) is 22.5 Å². The first-order chi connectivity index (χ1) is 20.2. The van der Waals surface area contributed by atoms with Gasteiger partial charge in [-0.05, 0) is 86.2 Å². The third-order valence-electron chi connectivity index (χ3n) is 6.06. The first-order valence-electron chi connectivity index (χ1n) is 13.0. The van der Waals surface area contributed by atoms with E-state index in [9.17, 15) is 24.5 Å². The summed E-state index contributed by atoms with van der Waals surface area (Å²) in [6, 6.07) is 28.6. The molecule has 0 radical (unpaired) electrons. The second-order valence-corrected chi connectivity index (χ2v) is 10.7. The van der Waals surface area contributed by atoms with Gasteiger partial charge in [-0.3, -0.25) is 24.5 Å². The summed E-state index contributed by atoms with van der Waals surface area (Å²) in [6.07, 6.45) is 1.44. The Hall–Kier alpha value is -5.22. The molecule has 1 unspecified atom stereocenters. The lowest BCUT2D eigenvalue weighted by Crippen LogP contribution is -2.30. The Bertz CT molecular complexity index is 1600. The zero-order valence-electron chi connectivity index (χ0n) is 22.9. The molecule has 3 N–H and O–H groups in total. The van der Waals surface area contributed by atoms with Crippen LogP contribution in [0.4, 0.5) is 17.1 Å². The van der Waals surface area contributed by atoms with Crippen LogP contribution in [0.15, 0.2) is 114 Å². The fraction of sp³-hybridized carbons (Fsp3) is 0.0938. The van der Waals surface area contributed by atoms with Crippen LogP contribution in [0.2, 0.25) is 0 Å². The Balaban J connectivity index is 1.44. The van der Waals surface area contributed by atoms with E-state index in [1.54, 1.807) is 54.6 Å². The van der Waals surface area contributed by atoms with Crippen molar-refractivity contribution >= 4 is 52.6 Å². The molecule has 0 fully saturated rings. The largest absolute Gasteiger partial charge is 0.325 e. The Labute approximate surface area is 247 Å². The van der Waals surface area contributed by atoms with Crippen molar-refractivity contribution in [3.8, 4) is 0 Å². The molecule has 0 aromatic heterocycles. The second kappa shape index (κ2) is 13.9. The predicted octanol–water partition coefficient (Wildman–Crippen LogP) is 6.43. The maximum atomic E-state index is 13.2. The molecule has 212 valence electrons. The van der Waals surface area contributed by atoms with E-state index in [0.717, 1.165) is 16.1 Å². The molecular formula is C32H28N4O5S. The lowest BCUT2D eigenvalue weighted by molar-refractivity contribution is -0.384. The van der Waals surface area contributed by atoms with Crippen LogP contribution in [-0.2, 0) is 9.59 Å². The summed E-state index contributed by atoms with van der Waals surface area (Å²) in [6.45, 7) is 3.79. The molecule has 1 atom stereocenters. The third kappa shape index (κ3) is 8.39. The van der Waals surface area contributed by atoms with E-state index in [2.05, 4.69) is 16.0 Å². The van der Waals surface area contributed by atoms with Gasteiger partial charge in [0.15, 0.2) is 0 Å². The Morgan fingerprint density at radius 2 is 1.40 bits per heavy atom. The van der Waals surface area contributed by atoms with Crippen molar-refractivity contribution in [3.63, 3.8) is 0 Å². The second-order valence-electron chi connectivity index (χ2n) is 9.32. The summed E-state index contributed by atoms with van der Waals surface area (Å²) in [5, 5.41) is 18.9. The summed E-state index contributed by atoms with van der Waals surface area (Å²) in [4.78, 5) is 50.0. The number of carbonyl (C=O) groups is 3. The number of rotatable bonds is 10. The summed E-state index contributed by atoms with van der Waals surface area (Å²) in [5.41, 5.74) is 3.03. The Morgan fingerprint density at radius 3 is 2.02 bits per heavy atom. The number of anilines is 2. The smallest absolute Gasteiger partial charge is 0.272 e. The zero-order valence-corrected chi connectivity index (χ0v) is 23.7. The highest BCUT2D eigenvalue weighted by Crippen LogP contribution is 2.26. The monoisotopic (exact) mass is 580 g/mol. The Morgan fingerprint density at radius 1 is 0.810 bits per heavy atom. The van der Waals surface area contributed by atoms with Crippen LogP contribution in [0, 0.1) is 17.0 Å². The predicted molar refractivity (Wildman–Crippen MR) is 165 cm³/mol. The van der Waals surface area contributed by atoms with Crippen LogP contribution in [0.3, 0.4) is 0 Å². The van der Waals surface area contributed by atoms with Crippen LogP contribution < -0.4 is 16.0 Å². The standard InChI is InChI=1S/C32H28N4O5S/c1-21-8-12-25(13-9-21)33-30(37)22(2)42-28-18-14-26(15-19-28)34-32(39)29(35-31(38)24-6-4-3-5-7-24)20-23-10-16-27(17-11-23)36(40)41/h3-20,22H,1-2H3,(H,33,37)(H,34,39)(H,35,38)/b29-20-. The molecule has 0 aliphatic carbocycles. The van der Waals surface area contributed by atoms with Gasteiger partial charge in [-0.2, -0.15) is 0 Å². The van der Waals surface area contributed by atoms with E-state index in [0.29, 0.717) is 16.8 Å². The minimum atomic E-state index is -0.580. The van der Waals surface area contributed by atoms with E-state index < -0.39 is 16.7 Å². The number of nitro benzene ring substituents is 1. The van der Waals surface area contributed by atoms with Crippen LogP contribution in [0.5, 0.6) is 0 Å². The molecule has 0 saturated carbocycles. The SMILES string of the molecule is Cc1ccc(NC(=O)C(C)Sc2ccc(NC(=O)/C(=C/c3ccc([N+](=O)[O-])cc3)NC(=O)c3ccccc3)cc2)cc1. The molecule has 4 aromatic carbocycles. The van der Waals surface area contributed by atoms with Crippen LogP contribution in [-0.4, -0.2) is 27.9 Å². The molecule has 0 aliphatic rings. The fourth-order valence-electron chi connectivity index (χ4n) is 3.76. The lowest BCUT2D eigenvalue weighted by atomic mass is 10.1. The molecule has 42 heavy (non-hydrogen) atoms. The van der Waals surface area contributed by atoms with Gasteiger partial charge in [-0.25, -0.2) is 0 Å². The first kappa shape index (κ1) is 29.8. The highest BCUT2D eigenvalue weighted by molar-refractivity contribution is 8.00. The van der Waals surface area contributed by atoms with Gasteiger partial charge in [0.1, 0.15) is 5.70 Å². The molecule has 4 aromatic rings. The summed E-state index contributed by atoms with van der Waals surface area (Å²) in [7, 11) is 0. The van der Waals surface area contributed by atoms with Gasteiger partial charge >= 0.3 is 0 Å². The summed E-state index contributed by atoms with van der Waals surface area (Å²) in [5.74, 6) is -1.19. The molecular weight excluding hydrogens is 552 g/mol. The van der Waals surface area contributed by atoms with Gasteiger partial charge in [0, 0.05) is 34.0 Å². The van der Waals surface area contributed by atoms with Gasteiger partial charge in [0.05, 0.1) is 10.2 Å². The molecule has 0 aliphatic heterocycles. The van der Waals surface area contributed by atoms with E-state index >= 15 is 0 Å². The van der Waals surface area contributed by atoms with Gasteiger partial charge in [0.2, 0.25) is 5.91 Å². The van der Waals surface area contributed by atoms with Gasteiger partial charge in [-0.15, -0.1) is 11.8 Å². The number of carbonyl (C=O) groups excluding carboxylic acids is 3. The van der Waals surface area contributed by atoms with Crippen molar-refractivity contribution in [2.24, 2.45) is 0 Å². The van der Waals surface area contributed by atoms with Crippen LogP contribution >= 0.6 is 11.8 Å². The van der Waals surface area contributed by atoms with E-state index in [1.165, 1.54) is 42.1 Å². The van der Waals surface area contributed by atoms with Gasteiger partial charge < -0.3 is 16.0 Å². The third-order valence-corrected chi connectivity index (χ3v) is 7.17. The molecule has 0 bridgehead atoms. The van der Waals surface area contributed by atoms with Crippen LogP contribution in [0.1, 0.15) is 28.4 Å². The number of non-ortho nitro benzene ring substituents is 1. The number of nitrogens with zero attached hydrogens (tertiary/aromatic N) is 1. The molecule has 3 amide bonds. The van der Waals surface area contributed by atoms with Gasteiger partial charge in [0.25, 0.3) is 17.5 Å². The lowest BCUT2D eigenvalue weighted by Gasteiger charge is -2.14. The highest BCUT2D eigenvalue weighted by Gasteiger charge is 2.17. The number of nitro groups is 1. The number of hydrogen-bond acceptors (Lipinski definition) is 6. The number of amides is 3. The zero-order chi connectivity index (χ0) is 30.1. The van der Waals surface area contributed by atoms with Crippen molar-refractivity contribution in [1.82, 2.24) is 5.32 Å². The Kier molecular flexibility index (Phi) is 9.85. The normalized spacial score (nSPS) is 11.7. The molecule has 10 heteroatoms. The summed E-state index contributed by atoms with van der Waals surface area (Å²) < 4.78 is 0. The topological polar surface area (TPSA) is 130 Å². The number of benzene rings is 4. The molecule has 9 nitrogen and oxygen atoms in total. The molecule has 0 saturated heterocycles. The number of thioether (sulfide) groups is 1. The maximum Gasteiger partial charge on any atom is 0.272 e. The number of aryl methyl sites for hydroxylation is 1. The van der Waals surface area contributed by atoms with Crippen molar-refractivity contribution < 1.29 is 19.3 Å². The van der Waals surface area contributed by atoms with E-state index in [1.807, 2.05) is 38.1 Å². The highest BCUT2D eigenvalue weighted by atomic mass is 32.2. The summed E-state index contributed by atoms with van der Waals surface area (Å²) >= 11 is 1.38. The van der Waals surface area contributed by atoms with Gasteiger partial charge in [-0.1, -0.05) is 35.9 Å². The molecule has 0 spiro atoms. The number of nitrogens with one attached hydrogen (secondary N) is 3. The maximum absolute atomic E-state index is 13.2. The van der Waals surface area contributed by atoms with Crippen molar-refractivity contribution in [2.75, 3.05) is 10.6 Å². The minimum Gasteiger partial charge on any atom is -0.325 e. The average Bonchev–Trinajstić information content (AvgIpc) is 2.99. The van der Waals surface area contributed by atoms with Crippen LogP contribution in [0.25, 0.3) is 6.08 Å². The van der Waals surface area contributed by atoms with Crippen molar-refractivity contribution in [3.05, 3.63) is 136 Å². The minimum absolute atomic E-state index is 0.0439. The molecule has 4 rings (SSSR count). The van der Waals surface area contributed by atoms with Crippen molar-refractivity contribution in [2.45, 2.75) is 24.0 Å².